The Balaban J connectivity index is 2.76. The van der Waals surface area contributed by atoms with Gasteiger partial charge in [-0.2, -0.15) is 0 Å². The first-order valence-electron chi connectivity index (χ1n) is 5.24. The van der Waals surface area contributed by atoms with Crippen LogP contribution in [0.15, 0.2) is 22.7 Å². The molecule has 0 bridgehead atoms. The number of halogens is 1. The molecule has 0 aliphatic carbocycles. The highest BCUT2D eigenvalue weighted by molar-refractivity contribution is 9.10. The lowest BCUT2D eigenvalue weighted by molar-refractivity contribution is -0.139. The molecule has 0 heterocycles. The van der Waals surface area contributed by atoms with Gasteiger partial charge < -0.3 is 10.5 Å². The van der Waals surface area contributed by atoms with Gasteiger partial charge in [-0.3, -0.25) is 4.79 Å². The molecule has 18 heavy (non-hydrogen) atoms. The minimum Gasteiger partial charge on any atom is -0.465 e. The van der Waals surface area contributed by atoms with Crippen molar-refractivity contribution in [3.8, 4) is 0 Å². The maximum absolute atomic E-state index is 11.7. The Morgan fingerprint density at radius 3 is 2.67 bits per heavy atom. The third-order valence-electron chi connectivity index (χ3n) is 2.09. The van der Waals surface area contributed by atoms with Gasteiger partial charge in [0.05, 0.1) is 12.4 Å². The third kappa shape index (κ3) is 4.66. The Morgan fingerprint density at radius 1 is 1.44 bits per heavy atom. The molecule has 0 aliphatic heterocycles. The van der Waals surface area contributed by atoms with Gasteiger partial charge in [0.25, 0.3) is 0 Å². The van der Waals surface area contributed by atoms with E-state index in [4.69, 9.17) is 5.73 Å². The molecule has 0 fully saturated rings. The summed E-state index contributed by atoms with van der Waals surface area (Å²) in [6, 6.07) is 4.88. The molecule has 1 rings (SSSR count). The molecule has 1 aromatic carbocycles. The van der Waals surface area contributed by atoms with E-state index < -0.39 is 21.6 Å². The maximum Gasteiger partial charge on any atom is 0.321 e. The minimum atomic E-state index is -3.53. The van der Waals surface area contributed by atoms with Crippen LogP contribution in [0.4, 0.5) is 5.69 Å². The number of carbonyl (C=O) groups excluding carboxylic acids is 1. The van der Waals surface area contributed by atoms with E-state index in [1.54, 1.807) is 25.1 Å². The average Bonchev–Trinajstić information content (AvgIpc) is 2.22. The molecule has 0 aliphatic rings. The van der Waals surface area contributed by atoms with Gasteiger partial charge in [0.15, 0.2) is 9.84 Å². The highest BCUT2D eigenvalue weighted by Crippen LogP contribution is 2.21. The van der Waals surface area contributed by atoms with E-state index in [-0.39, 0.29) is 12.4 Å². The van der Waals surface area contributed by atoms with Gasteiger partial charge in [-0.1, -0.05) is 6.07 Å². The number of hydrogen-bond acceptors (Lipinski definition) is 5. The minimum absolute atomic E-state index is 0.166. The van der Waals surface area contributed by atoms with Crippen molar-refractivity contribution in [2.24, 2.45) is 0 Å². The SMILES string of the molecule is CCOC(=O)CS(=O)(=O)Cc1ccc(Br)c(N)c1. The Hall–Kier alpha value is -1.08. The average molecular weight is 336 g/mol. The Labute approximate surface area is 114 Å². The van der Waals surface area contributed by atoms with Crippen LogP contribution >= 0.6 is 15.9 Å². The summed E-state index contributed by atoms with van der Waals surface area (Å²) in [6.07, 6.45) is 0. The molecule has 0 amide bonds. The third-order valence-corrected chi connectivity index (χ3v) is 4.26. The van der Waals surface area contributed by atoms with E-state index in [1.165, 1.54) is 0 Å². The second-order valence-electron chi connectivity index (χ2n) is 3.69. The fourth-order valence-corrected chi connectivity index (χ4v) is 2.85. The van der Waals surface area contributed by atoms with Crippen LogP contribution in [-0.2, 0) is 25.1 Å². The van der Waals surface area contributed by atoms with E-state index in [2.05, 4.69) is 20.7 Å². The van der Waals surface area contributed by atoms with Crippen molar-refractivity contribution in [3.63, 3.8) is 0 Å². The zero-order valence-electron chi connectivity index (χ0n) is 9.85. The Morgan fingerprint density at radius 2 is 2.11 bits per heavy atom. The molecule has 0 radical (unpaired) electrons. The molecule has 1 aromatic rings. The molecule has 0 spiro atoms. The lowest BCUT2D eigenvalue weighted by atomic mass is 10.2. The van der Waals surface area contributed by atoms with Gasteiger partial charge in [-0.25, -0.2) is 8.42 Å². The highest BCUT2D eigenvalue weighted by Gasteiger charge is 2.18. The van der Waals surface area contributed by atoms with Crippen molar-refractivity contribution < 1.29 is 17.9 Å². The van der Waals surface area contributed by atoms with Gasteiger partial charge in [-0.15, -0.1) is 0 Å². The number of hydrogen-bond donors (Lipinski definition) is 1. The smallest absolute Gasteiger partial charge is 0.321 e. The monoisotopic (exact) mass is 335 g/mol. The zero-order valence-corrected chi connectivity index (χ0v) is 12.3. The van der Waals surface area contributed by atoms with E-state index in [1.807, 2.05) is 0 Å². The van der Waals surface area contributed by atoms with Crippen LogP contribution in [0.2, 0.25) is 0 Å². The predicted molar refractivity (Wildman–Crippen MR) is 72.7 cm³/mol. The second kappa shape index (κ2) is 6.19. The van der Waals surface area contributed by atoms with Crippen molar-refractivity contribution in [3.05, 3.63) is 28.2 Å². The summed E-state index contributed by atoms with van der Waals surface area (Å²) in [6.45, 7) is 1.79. The summed E-state index contributed by atoms with van der Waals surface area (Å²) >= 11 is 3.22. The fraction of sp³-hybridized carbons (Fsp3) is 0.364. The van der Waals surface area contributed by atoms with Crippen LogP contribution in [0, 0.1) is 0 Å². The zero-order chi connectivity index (χ0) is 13.8. The molecule has 0 atom stereocenters. The summed E-state index contributed by atoms with van der Waals surface area (Å²) in [5, 5.41) is 0. The Kier molecular flexibility index (Phi) is 5.15. The van der Waals surface area contributed by atoms with Crippen LogP contribution in [0.5, 0.6) is 0 Å². The van der Waals surface area contributed by atoms with E-state index in [0.717, 1.165) is 0 Å². The molecule has 0 aromatic heterocycles. The number of carbonyl (C=O) groups is 1. The Bertz CT molecular complexity index is 542. The molecular weight excluding hydrogens is 322 g/mol. The molecule has 0 unspecified atom stereocenters. The van der Waals surface area contributed by atoms with Crippen LogP contribution in [0.25, 0.3) is 0 Å². The van der Waals surface area contributed by atoms with Crippen molar-refractivity contribution in [1.29, 1.82) is 0 Å². The molecular formula is C11H14BrNO4S. The molecule has 100 valence electrons. The summed E-state index contributed by atoms with van der Waals surface area (Å²) in [4.78, 5) is 11.1. The quantitative estimate of drug-likeness (QED) is 0.651. The number of esters is 1. The topological polar surface area (TPSA) is 86.5 Å². The van der Waals surface area contributed by atoms with Gasteiger partial charge in [0.1, 0.15) is 5.75 Å². The molecule has 5 nitrogen and oxygen atoms in total. The predicted octanol–water partition coefficient (Wildman–Crippen LogP) is 1.51. The maximum atomic E-state index is 11.7. The van der Waals surface area contributed by atoms with Gasteiger partial charge >= 0.3 is 5.97 Å². The van der Waals surface area contributed by atoms with Crippen LogP contribution in [0.1, 0.15) is 12.5 Å². The standard InChI is InChI=1S/C11H14BrNO4S/c1-2-17-11(14)7-18(15,16)6-8-3-4-9(12)10(13)5-8/h3-5H,2,6-7,13H2,1H3. The fourth-order valence-electron chi connectivity index (χ4n) is 1.37. The first-order chi connectivity index (χ1) is 8.34. The molecule has 0 saturated carbocycles. The molecule has 0 saturated heterocycles. The lowest BCUT2D eigenvalue weighted by Gasteiger charge is -2.06. The normalized spacial score (nSPS) is 11.2. The summed E-state index contributed by atoms with van der Waals surface area (Å²) in [5.41, 5.74) is 6.65. The number of nitrogens with two attached hydrogens (primary N) is 1. The second-order valence-corrected chi connectivity index (χ2v) is 6.61. The van der Waals surface area contributed by atoms with Gasteiger partial charge in [0.2, 0.25) is 0 Å². The molecule has 7 heteroatoms. The van der Waals surface area contributed by atoms with Crippen molar-refractivity contribution >= 4 is 37.4 Å². The summed E-state index contributed by atoms with van der Waals surface area (Å²) in [5.74, 6) is -1.58. The highest BCUT2D eigenvalue weighted by atomic mass is 79.9. The summed E-state index contributed by atoms with van der Waals surface area (Å²) in [7, 11) is -3.53. The summed E-state index contributed by atoms with van der Waals surface area (Å²) < 4.78 is 28.8. The van der Waals surface area contributed by atoms with E-state index >= 15 is 0 Å². The van der Waals surface area contributed by atoms with Crippen LogP contribution in [0.3, 0.4) is 0 Å². The van der Waals surface area contributed by atoms with Crippen molar-refractivity contribution in [1.82, 2.24) is 0 Å². The van der Waals surface area contributed by atoms with E-state index in [9.17, 15) is 13.2 Å². The number of rotatable bonds is 5. The number of benzene rings is 1. The van der Waals surface area contributed by atoms with Crippen LogP contribution in [-0.4, -0.2) is 26.7 Å². The largest absolute Gasteiger partial charge is 0.465 e. The van der Waals surface area contributed by atoms with E-state index in [0.29, 0.717) is 15.7 Å². The van der Waals surface area contributed by atoms with Crippen molar-refractivity contribution in [2.75, 3.05) is 18.1 Å². The number of nitrogen functional groups attached to an aromatic ring is 1. The first-order valence-corrected chi connectivity index (χ1v) is 7.85. The lowest BCUT2D eigenvalue weighted by Crippen LogP contribution is -2.20. The van der Waals surface area contributed by atoms with Crippen molar-refractivity contribution in [2.45, 2.75) is 12.7 Å². The number of sulfone groups is 1. The van der Waals surface area contributed by atoms with Crippen LogP contribution < -0.4 is 5.73 Å². The van der Waals surface area contributed by atoms with Gasteiger partial charge in [-0.05, 0) is 40.5 Å². The molecule has 2 N–H and O–H groups in total. The number of ether oxygens (including phenoxy) is 1. The first kappa shape index (κ1) is 15.0. The number of anilines is 1. The van der Waals surface area contributed by atoms with Gasteiger partial charge in [0, 0.05) is 10.2 Å².